The molecule has 1 amide bonds. The number of Topliss-reactive ketones (excluding diaryl/α,β-unsaturated/α-hetero) is 1. The standard InChI is InChI=1S/C24H26N2O4/c1-16(27)21-15-26(14-17-7-3-6-10-23(17)29-2)22-13-18(11-12-20(21)22)25-24(28)30-19-8-4-5-9-19/h3,6-7,10-13,15,19H,4-5,8-9,14H2,1-2H3,(H,25,28). The summed E-state index contributed by atoms with van der Waals surface area (Å²) in [5.74, 6) is 0.790. The van der Waals surface area contributed by atoms with Crippen molar-refractivity contribution in [2.24, 2.45) is 0 Å². The Balaban J connectivity index is 1.64. The first-order valence-corrected chi connectivity index (χ1v) is 10.3. The molecule has 6 heteroatoms. The topological polar surface area (TPSA) is 69.6 Å². The van der Waals surface area contributed by atoms with Gasteiger partial charge in [0.25, 0.3) is 0 Å². The molecular formula is C24H26N2O4. The van der Waals surface area contributed by atoms with Crippen LogP contribution >= 0.6 is 0 Å². The molecule has 1 aliphatic rings. The minimum Gasteiger partial charge on any atom is -0.496 e. The molecule has 0 spiro atoms. The molecule has 2 aromatic carbocycles. The Morgan fingerprint density at radius 1 is 1.13 bits per heavy atom. The summed E-state index contributed by atoms with van der Waals surface area (Å²) in [5, 5.41) is 3.68. The van der Waals surface area contributed by atoms with Crippen LogP contribution in [0.3, 0.4) is 0 Å². The van der Waals surface area contributed by atoms with Gasteiger partial charge in [-0.3, -0.25) is 10.1 Å². The van der Waals surface area contributed by atoms with Gasteiger partial charge in [0.15, 0.2) is 5.78 Å². The molecule has 3 aromatic rings. The van der Waals surface area contributed by atoms with Crippen LogP contribution in [-0.4, -0.2) is 29.7 Å². The predicted octanol–water partition coefficient (Wildman–Crippen LogP) is 5.39. The van der Waals surface area contributed by atoms with Crippen molar-refractivity contribution in [2.45, 2.75) is 45.3 Å². The Morgan fingerprint density at radius 3 is 2.63 bits per heavy atom. The fourth-order valence-electron chi connectivity index (χ4n) is 4.10. The number of anilines is 1. The Kier molecular flexibility index (Phi) is 5.74. The zero-order valence-electron chi connectivity index (χ0n) is 17.3. The quantitative estimate of drug-likeness (QED) is 0.557. The van der Waals surface area contributed by atoms with Gasteiger partial charge < -0.3 is 14.0 Å². The number of hydrogen-bond acceptors (Lipinski definition) is 4. The van der Waals surface area contributed by atoms with Gasteiger partial charge in [-0.25, -0.2) is 4.79 Å². The summed E-state index contributed by atoms with van der Waals surface area (Å²) in [4.78, 5) is 24.4. The van der Waals surface area contributed by atoms with E-state index in [1.54, 1.807) is 20.1 Å². The lowest BCUT2D eigenvalue weighted by molar-refractivity contribution is 0.101. The van der Waals surface area contributed by atoms with Crippen molar-refractivity contribution in [1.82, 2.24) is 4.57 Å². The highest BCUT2D eigenvalue weighted by molar-refractivity contribution is 6.07. The zero-order chi connectivity index (χ0) is 21.1. The smallest absolute Gasteiger partial charge is 0.411 e. The average Bonchev–Trinajstić information content (AvgIpc) is 3.36. The summed E-state index contributed by atoms with van der Waals surface area (Å²) < 4.78 is 13.0. The molecule has 0 unspecified atom stereocenters. The van der Waals surface area contributed by atoms with Crippen molar-refractivity contribution in [1.29, 1.82) is 0 Å². The van der Waals surface area contributed by atoms with Gasteiger partial charge in [-0.2, -0.15) is 0 Å². The number of benzene rings is 2. The number of hydrogen-bond donors (Lipinski definition) is 1. The molecule has 4 rings (SSSR count). The summed E-state index contributed by atoms with van der Waals surface area (Å²) >= 11 is 0. The van der Waals surface area contributed by atoms with E-state index in [-0.39, 0.29) is 11.9 Å². The largest absolute Gasteiger partial charge is 0.496 e. The van der Waals surface area contributed by atoms with Crippen molar-refractivity contribution < 1.29 is 19.1 Å². The number of amides is 1. The maximum Gasteiger partial charge on any atom is 0.411 e. The average molecular weight is 406 g/mol. The fourth-order valence-corrected chi connectivity index (χ4v) is 4.10. The molecule has 1 fully saturated rings. The molecule has 1 aliphatic carbocycles. The number of ether oxygens (including phenoxy) is 2. The molecule has 0 atom stereocenters. The van der Waals surface area contributed by atoms with E-state index in [0.717, 1.165) is 47.9 Å². The first-order valence-electron chi connectivity index (χ1n) is 10.3. The molecule has 6 nitrogen and oxygen atoms in total. The Morgan fingerprint density at radius 2 is 1.90 bits per heavy atom. The van der Waals surface area contributed by atoms with Crippen molar-refractivity contribution in [3.63, 3.8) is 0 Å². The monoisotopic (exact) mass is 406 g/mol. The maximum absolute atomic E-state index is 12.3. The van der Waals surface area contributed by atoms with Gasteiger partial charge in [-0.05, 0) is 50.8 Å². The molecule has 0 aliphatic heterocycles. The number of nitrogens with one attached hydrogen (secondary N) is 1. The van der Waals surface area contributed by atoms with E-state index < -0.39 is 6.09 Å². The zero-order valence-corrected chi connectivity index (χ0v) is 17.3. The highest BCUT2D eigenvalue weighted by Crippen LogP contribution is 2.28. The van der Waals surface area contributed by atoms with Crippen LogP contribution in [0.25, 0.3) is 10.9 Å². The number of rotatable bonds is 6. The fraction of sp³-hybridized carbons (Fsp3) is 0.333. The van der Waals surface area contributed by atoms with E-state index >= 15 is 0 Å². The summed E-state index contributed by atoms with van der Waals surface area (Å²) in [6.45, 7) is 2.11. The van der Waals surface area contributed by atoms with Crippen LogP contribution in [0.1, 0.15) is 48.5 Å². The first-order chi connectivity index (χ1) is 14.5. The second-order valence-corrected chi connectivity index (χ2v) is 7.71. The molecule has 1 saturated carbocycles. The van der Waals surface area contributed by atoms with Gasteiger partial charge in [0, 0.05) is 28.4 Å². The molecule has 1 heterocycles. The Labute approximate surface area is 175 Å². The van der Waals surface area contributed by atoms with Gasteiger partial charge in [0.05, 0.1) is 19.2 Å². The van der Waals surface area contributed by atoms with Crippen LogP contribution in [0.15, 0.2) is 48.7 Å². The van der Waals surface area contributed by atoms with Crippen molar-refractivity contribution in [2.75, 3.05) is 12.4 Å². The molecule has 0 radical (unpaired) electrons. The van der Waals surface area contributed by atoms with E-state index in [1.165, 1.54) is 0 Å². The number of ketones is 1. The summed E-state index contributed by atoms with van der Waals surface area (Å²) in [5.41, 5.74) is 3.16. The van der Waals surface area contributed by atoms with E-state index in [9.17, 15) is 9.59 Å². The third-order valence-corrected chi connectivity index (χ3v) is 5.62. The van der Waals surface area contributed by atoms with E-state index in [4.69, 9.17) is 9.47 Å². The van der Waals surface area contributed by atoms with Gasteiger partial charge in [0.2, 0.25) is 0 Å². The van der Waals surface area contributed by atoms with Crippen molar-refractivity contribution >= 4 is 28.5 Å². The summed E-state index contributed by atoms with van der Waals surface area (Å²) in [7, 11) is 1.64. The van der Waals surface area contributed by atoms with Gasteiger partial charge in [0.1, 0.15) is 11.9 Å². The van der Waals surface area contributed by atoms with E-state index in [2.05, 4.69) is 5.32 Å². The SMILES string of the molecule is COc1ccccc1Cn1cc(C(C)=O)c2ccc(NC(=O)OC3CCCC3)cc21. The lowest BCUT2D eigenvalue weighted by atomic mass is 10.1. The molecule has 0 bridgehead atoms. The maximum atomic E-state index is 12.3. The molecule has 0 saturated heterocycles. The second-order valence-electron chi connectivity index (χ2n) is 7.71. The minimum absolute atomic E-state index is 0.000119. The van der Waals surface area contributed by atoms with Crippen LogP contribution in [-0.2, 0) is 11.3 Å². The minimum atomic E-state index is -0.434. The third-order valence-electron chi connectivity index (χ3n) is 5.62. The normalized spacial score (nSPS) is 14.1. The highest BCUT2D eigenvalue weighted by Gasteiger charge is 2.20. The number of carbonyl (C=O) groups is 2. The third kappa shape index (κ3) is 4.17. The van der Waals surface area contributed by atoms with E-state index in [0.29, 0.717) is 17.8 Å². The number of carbonyl (C=O) groups excluding carboxylic acids is 2. The van der Waals surface area contributed by atoms with Gasteiger partial charge >= 0.3 is 6.09 Å². The molecular weight excluding hydrogens is 380 g/mol. The van der Waals surface area contributed by atoms with E-state index in [1.807, 2.05) is 47.2 Å². The lowest BCUT2D eigenvalue weighted by Crippen LogP contribution is -2.20. The lowest BCUT2D eigenvalue weighted by Gasteiger charge is -2.13. The second kappa shape index (κ2) is 8.61. The first kappa shape index (κ1) is 20.0. The van der Waals surface area contributed by atoms with Crippen molar-refractivity contribution in [3.8, 4) is 5.75 Å². The summed E-state index contributed by atoms with van der Waals surface area (Å²) in [6, 6.07) is 13.4. The number of fused-ring (bicyclic) bond motifs is 1. The number of nitrogens with zero attached hydrogens (tertiary/aromatic N) is 1. The van der Waals surface area contributed by atoms with Crippen LogP contribution < -0.4 is 10.1 Å². The Hall–Kier alpha value is -3.28. The Bertz CT molecular complexity index is 1080. The van der Waals surface area contributed by atoms with Crippen LogP contribution in [0.5, 0.6) is 5.75 Å². The molecule has 156 valence electrons. The van der Waals surface area contributed by atoms with Crippen LogP contribution in [0.4, 0.5) is 10.5 Å². The van der Waals surface area contributed by atoms with Gasteiger partial charge in [-0.15, -0.1) is 0 Å². The number of methoxy groups -OCH3 is 1. The number of aromatic nitrogens is 1. The molecule has 30 heavy (non-hydrogen) atoms. The predicted molar refractivity (Wildman–Crippen MR) is 116 cm³/mol. The van der Waals surface area contributed by atoms with Gasteiger partial charge in [-0.1, -0.05) is 24.3 Å². The molecule has 1 N–H and O–H groups in total. The van der Waals surface area contributed by atoms with Crippen LogP contribution in [0, 0.1) is 0 Å². The highest BCUT2D eigenvalue weighted by atomic mass is 16.6. The summed E-state index contributed by atoms with van der Waals surface area (Å²) in [6.07, 6.45) is 5.50. The number of para-hydroxylation sites is 1. The molecule has 1 aromatic heterocycles. The van der Waals surface area contributed by atoms with Crippen molar-refractivity contribution in [3.05, 3.63) is 59.8 Å². The van der Waals surface area contributed by atoms with Crippen LogP contribution in [0.2, 0.25) is 0 Å².